The Morgan fingerprint density at radius 2 is 2.08 bits per heavy atom. The van der Waals surface area contributed by atoms with Gasteiger partial charge in [0.25, 0.3) is 0 Å². The van der Waals surface area contributed by atoms with E-state index >= 15 is 0 Å². The number of hydrogen-bond donors (Lipinski definition) is 2. The van der Waals surface area contributed by atoms with E-state index in [0.29, 0.717) is 24.9 Å². The summed E-state index contributed by atoms with van der Waals surface area (Å²) in [5.74, 6) is 1.55. The molecule has 0 spiro atoms. The van der Waals surface area contributed by atoms with Crippen molar-refractivity contribution in [2.45, 2.75) is 25.8 Å². The minimum absolute atomic E-state index is 0.00216. The van der Waals surface area contributed by atoms with Crippen LogP contribution in [0.1, 0.15) is 24.8 Å². The van der Waals surface area contributed by atoms with E-state index in [1.54, 1.807) is 6.20 Å². The standard InChI is InChI=1S/C19H27N5O/c1-2-10-24-18(8-9-21-24)22-19(25)14-23-12-16(11-20)17(13-23)15-6-4-3-5-7-15/h3-9,16-17H,2,10-14,20H2,1H3,(H,22,25)/t16-,17+/m1/s1. The highest BCUT2D eigenvalue weighted by molar-refractivity contribution is 5.91. The Morgan fingerprint density at radius 3 is 2.80 bits per heavy atom. The fourth-order valence-electron chi connectivity index (χ4n) is 3.62. The molecule has 1 saturated heterocycles. The normalized spacial score (nSPS) is 20.7. The van der Waals surface area contributed by atoms with Gasteiger partial charge >= 0.3 is 0 Å². The van der Waals surface area contributed by atoms with E-state index in [2.05, 4.69) is 46.5 Å². The topological polar surface area (TPSA) is 76.2 Å². The van der Waals surface area contributed by atoms with Crippen LogP contribution < -0.4 is 11.1 Å². The van der Waals surface area contributed by atoms with Crippen molar-refractivity contribution in [3.05, 3.63) is 48.2 Å². The van der Waals surface area contributed by atoms with Gasteiger partial charge in [0, 0.05) is 31.6 Å². The number of benzene rings is 1. The largest absolute Gasteiger partial charge is 0.330 e. The molecule has 25 heavy (non-hydrogen) atoms. The third-order valence-electron chi connectivity index (χ3n) is 4.83. The van der Waals surface area contributed by atoms with Crippen molar-refractivity contribution < 1.29 is 4.79 Å². The smallest absolute Gasteiger partial charge is 0.239 e. The molecule has 0 saturated carbocycles. The molecule has 0 radical (unpaired) electrons. The van der Waals surface area contributed by atoms with Crippen molar-refractivity contribution in [3.63, 3.8) is 0 Å². The number of rotatable bonds is 7. The molecule has 6 heteroatoms. The van der Waals surface area contributed by atoms with Gasteiger partial charge in [-0.05, 0) is 24.4 Å². The number of carbonyl (C=O) groups excluding carboxylic acids is 1. The van der Waals surface area contributed by atoms with Gasteiger partial charge in [0.15, 0.2) is 0 Å². The molecule has 3 N–H and O–H groups in total. The molecule has 1 aliphatic rings. The van der Waals surface area contributed by atoms with Gasteiger partial charge in [-0.15, -0.1) is 0 Å². The second-order valence-corrected chi connectivity index (χ2v) is 6.69. The van der Waals surface area contributed by atoms with E-state index in [0.717, 1.165) is 31.9 Å². The van der Waals surface area contributed by atoms with Gasteiger partial charge in [-0.2, -0.15) is 5.10 Å². The molecule has 2 aromatic rings. The SMILES string of the molecule is CCCn1nccc1NC(=O)CN1C[C@@H](CN)[C@H](c2ccccc2)C1. The van der Waals surface area contributed by atoms with Crippen molar-refractivity contribution >= 4 is 11.7 Å². The summed E-state index contributed by atoms with van der Waals surface area (Å²) >= 11 is 0. The van der Waals surface area contributed by atoms with Crippen LogP contribution in [0.5, 0.6) is 0 Å². The summed E-state index contributed by atoms with van der Waals surface area (Å²) in [5.41, 5.74) is 7.29. The van der Waals surface area contributed by atoms with E-state index in [1.807, 2.05) is 16.8 Å². The van der Waals surface area contributed by atoms with Gasteiger partial charge in [-0.1, -0.05) is 37.3 Å². The number of hydrogen-bond acceptors (Lipinski definition) is 4. The molecule has 1 fully saturated rings. The minimum atomic E-state index is 0.00216. The Kier molecular flexibility index (Phi) is 5.83. The predicted molar refractivity (Wildman–Crippen MR) is 99.3 cm³/mol. The molecular weight excluding hydrogens is 314 g/mol. The lowest BCUT2D eigenvalue weighted by Gasteiger charge is -2.16. The summed E-state index contributed by atoms with van der Waals surface area (Å²) in [4.78, 5) is 14.6. The fourth-order valence-corrected chi connectivity index (χ4v) is 3.62. The van der Waals surface area contributed by atoms with Gasteiger partial charge in [0.05, 0.1) is 12.7 Å². The van der Waals surface area contributed by atoms with Gasteiger partial charge in [-0.3, -0.25) is 9.69 Å². The van der Waals surface area contributed by atoms with Crippen molar-refractivity contribution in [2.75, 3.05) is 31.5 Å². The predicted octanol–water partition coefficient (Wildman–Crippen LogP) is 1.91. The van der Waals surface area contributed by atoms with Crippen LogP contribution in [-0.2, 0) is 11.3 Å². The molecule has 6 nitrogen and oxygen atoms in total. The first-order chi connectivity index (χ1) is 12.2. The first-order valence-corrected chi connectivity index (χ1v) is 9.00. The Morgan fingerprint density at radius 1 is 1.28 bits per heavy atom. The quantitative estimate of drug-likeness (QED) is 0.806. The lowest BCUT2D eigenvalue weighted by Crippen LogP contribution is -2.32. The van der Waals surface area contributed by atoms with Gasteiger partial charge in [-0.25, -0.2) is 4.68 Å². The zero-order valence-electron chi connectivity index (χ0n) is 14.8. The average molecular weight is 341 g/mol. The summed E-state index contributed by atoms with van der Waals surface area (Å²) in [5, 5.41) is 7.22. The van der Waals surface area contributed by atoms with E-state index in [1.165, 1.54) is 5.56 Å². The Balaban J connectivity index is 1.59. The fraction of sp³-hybridized carbons (Fsp3) is 0.474. The number of likely N-dealkylation sites (tertiary alicyclic amines) is 1. The summed E-state index contributed by atoms with van der Waals surface area (Å²) in [6.07, 6.45) is 2.70. The lowest BCUT2D eigenvalue weighted by molar-refractivity contribution is -0.117. The maximum absolute atomic E-state index is 12.4. The molecule has 1 aliphatic heterocycles. The van der Waals surface area contributed by atoms with Gasteiger partial charge in [0.1, 0.15) is 5.82 Å². The maximum Gasteiger partial charge on any atom is 0.239 e. The molecule has 1 aromatic heterocycles. The molecule has 0 unspecified atom stereocenters. The average Bonchev–Trinajstić information content (AvgIpc) is 3.23. The van der Waals surface area contributed by atoms with Crippen LogP contribution in [0.25, 0.3) is 0 Å². The van der Waals surface area contributed by atoms with E-state index < -0.39 is 0 Å². The highest BCUT2D eigenvalue weighted by atomic mass is 16.2. The molecule has 1 amide bonds. The van der Waals surface area contributed by atoms with Crippen LogP contribution in [0, 0.1) is 5.92 Å². The second kappa shape index (κ2) is 8.27. The van der Waals surface area contributed by atoms with Gasteiger partial charge in [0.2, 0.25) is 5.91 Å². The van der Waals surface area contributed by atoms with Crippen LogP contribution in [0.15, 0.2) is 42.6 Å². The molecule has 2 atom stereocenters. The lowest BCUT2D eigenvalue weighted by atomic mass is 9.89. The van der Waals surface area contributed by atoms with E-state index in [-0.39, 0.29) is 5.91 Å². The number of amides is 1. The Bertz CT molecular complexity index is 684. The van der Waals surface area contributed by atoms with Crippen LogP contribution in [0.3, 0.4) is 0 Å². The Labute approximate surface area is 149 Å². The van der Waals surface area contributed by atoms with Crippen LogP contribution in [-0.4, -0.2) is 46.8 Å². The van der Waals surface area contributed by atoms with Gasteiger partial charge < -0.3 is 11.1 Å². The third kappa shape index (κ3) is 4.27. The number of carbonyl (C=O) groups is 1. The Hall–Kier alpha value is -2.18. The zero-order valence-corrected chi connectivity index (χ0v) is 14.8. The molecular formula is C19H27N5O. The molecule has 0 bridgehead atoms. The summed E-state index contributed by atoms with van der Waals surface area (Å²) in [7, 11) is 0. The zero-order chi connectivity index (χ0) is 17.6. The number of nitrogens with zero attached hydrogens (tertiary/aromatic N) is 3. The summed E-state index contributed by atoms with van der Waals surface area (Å²) < 4.78 is 1.83. The molecule has 0 aliphatic carbocycles. The maximum atomic E-state index is 12.4. The number of anilines is 1. The van der Waals surface area contributed by atoms with Crippen LogP contribution >= 0.6 is 0 Å². The number of nitrogens with one attached hydrogen (secondary N) is 1. The number of aryl methyl sites for hydroxylation is 1. The first-order valence-electron chi connectivity index (χ1n) is 9.00. The van der Waals surface area contributed by atoms with Crippen molar-refractivity contribution in [2.24, 2.45) is 11.7 Å². The molecule has 3 rings (SSSR count). The first kappa shape index (κ1) is 17.6. The summed E-state index contributed by atoms with van der Waals surface area (Å²) in [6.45, 7) is 5.65. The van der Waals surface area contributed by atoms with E-state index in [4.69, 9.17) is 5.73 Å². The van der Waals surface area contributed by atoms with Crippen molar-refractivity contribution in [1.29, 1.82) is 0 Å². The van der Waals surface area contributed by atoms with Crippen LogP contribution in [0.2, 0.25) is 0 Å². The minimum Gasteiger partial charge on any atom is -0.330 e. The number of nitrogens with two attached hydrogens (primary N) is 1. The highest BCUT2D eigenvalue weighted by Gasteiger charge is 2.33. The highest BCUT2D eigenvalue weighted by Crippen LogP contribution is 2.31. The van der Waals surface area contributed by atoms with Crippen molar-refractivity contribution in [3.8, 4) is 0 Å². The third-order valence-corrected chi connectivity index (χ3v) is 4.83. The monoisotopic (exact) mass is 341 g/mol. The second-order valence-electron chi connectivity index (χ2n) is 6.69. The number of aromatic nitrogens is 2. The molecule has 1 aromatic carbocycles. The molecule has 134 valence electrons. The molecule has 2 heterocycles. The van der Waals surface area contributed by atoms with Crippen LogP contribution in [0.4, 0.5) is 5.82 Å². The van der Waals surface area contributed by atoms with Crippen molar-refractivity contribution in [1.82, 2.24) is 14.7 Å². The summed E-state index contributed by atoms with van der Waals surface area (Å²) in [6, 6.07) is 12.3. The van der Waals surface area contributed by atoms with E-state index in [9.17, 15) is 4.79 Å².